The fourth-order valence-corrected chi connectivity index (χ4v) is 2.94. The Kier molecular flexibility index (Phi) is 4.53. The minimum absolute atomic E-state index is 0.158. The Balaban J connectivity index is 2.70. The van der Waals surface area contributed by atoms with E-state index >= 15 is 0 Å². The minimum Gasteiger partial charge on any atom is -0.306 e. The predicted octanol–water partition coefficient (Wildman–Crippen LogP) is 4.47. The van der Waals surface area contributed by atoms with Crippen LogP contribution in [0.1, 0.15) is 25.5 Å². The van der Waals surface area contributed by atoms with Crippen LogP contribution in [0.4, 0.5) is 0 Å². The normalized spacial score (nSPS) is 11.1. The maximum absolute atomic E-state index is 12.0. The van der Waals surface area contributed by atoms with Crippen molar-refractivity contribution in [2.45, 2.75) is 19.8 Å². The zero-order valence-electron chi connectivity index (χ0n) is 10.3. The molecule has 6 heteroatoms. The van der Waals surface area contributed by atoms with Crippen LogP contribution in [-0.4, -0.2) is 9.97 Å². The maximum Gasteiger partial charge on any atom is 0.264 e. The van der Waals surface area contributed by atoms with Gasteiger partial charge in [-0.2, -0.15) is 0 Å². The number of halogens is 3. The molecule has 0 amide bonds. The third-order valence-corrected chi connectivity index (χ3v) is 4.50. The highest BCUT2D eigenvalue weighted by molar-refractivity contribution is 14.1. The molecule has 2 aromatic rings. The van der Waals surface area contributed by atoms with Crippen LogP contribution in [0.15, 0.2) is 23.0 Å². The van der Waals surface area contributed by atoms with Gasteiger partial charge in [-0.3, -0.25) is 4.79 Å². The summed E-state index contributed by atoms with van der Waals surface area (Å²) in [7, 11) is 0. The van der Waals surface area contributed by atoms with E-state index in [4.69, 9.17) is 23.2 Å². The Bertz CT molecular complexity index is 683. The topological polar surface area (TPSA) is 45.8 Å². The standard InChI is InChI=1S/C13H11Cl2IN2O/c1-6(2)11-10(16)13(19)18-12(17-11)7-4-3-5-8(14)9(7)15/h3-6H,1-2H3,(H,17,18,19). The summed E-state index contributed by atoms with van der Waals surface area (Å²) < 4.78 is 0.606. The number of nitrogens with one attached hydrogen (secondary N) is 1. The number of nitrogens with zero attached hydrogens (tertiary/aromatic N) is 1. The van der Waals surface area contributed by atoms with Crippen molar-refractivity contribution in [3.8, 4) is 11.4 Å². The van der Waals surface area contributed by atoms with Gasteiger partial charge in [-0.1, -0.05) is 43.1 Å². The number of aromatic nitrogens is 2. The lowest BCUT2D eigenvalue weighted by Crippen LogP contribution is -2.17. The molecule has 0 saturated carbocycles. The predicted molar refractivity (Wildman–Crippen MR) is 87.1 cm³/mol. The van der Waals surface area contributed by atoms with Crippen LogP contribution in [0.25, 0.3) is 11.4 Å². The molecular weight excluding hydrogens is 398 g/mol. The second-order valence-corrected chi connectivity index (χ2v) is 6.23. The average Bonchev–Trinajstić information content (AvgIpc) is 2.35. The lowest BCUT2D eigenvalue weighted by atomic mass is 10.1. The average molecular weight is 409 g/mol. The molecule has 0 saturated heterocycles. The van der Waals surface area contributed by atoms with Gasteiger partial charge in [0, 0.05) is 5.56 Å². The number of benzene rings is 1. The van der Waals surface area contributed by atoms with Crippen LogP contribution >= 0.6 is 45.8 Å². The van der Waals surface area contributed by atoms with Gasteiger partial charge in [0.2, 0.25) is 0 Å². The lowest BCUT2D eigenvalue weighted by molar-refractivity contribution is 0.802. The molecule has 1 aromatic heterocycles. The van der Waals surface area contributed by atoms with E-state index in [0.29, 0.717) is 25.0 Å². The summed E-state index contributed by atoms with van der Waals surface area (Å²) in [6, 6.07) is 5.25. The van der Waals surface area contributed by atoms with E-state index in [-0.39, 0.29) is 11.5 Å². The molecule has 1 N–H and O–H groups in total. The molecule has 0 aliphatic heterocycles. The van der Waals surface area contributed by atoms with Crippen LogP contribution in [0.3, 0.4) is 0 Å². The summed E-state index contributed by atoms with van der Waals surface area (Å²) >= 11 is 14.1. The smallest absolute Gasteiger partial charge is 0.264 e. The summed E-state index contributed by atoms with van der Waals surface area (Å²) in [6.45, 7) is 3.99. The zero-order chi connectivity index (χ0) is 14.2. The summed E-state index contributed by atoms with van der Waals surface area (Å²) in [4.78, 5) is 19.2. The Hall–Kier alpha value is -0.590. The van der Waals surface area contributed by atoms with E-state index in [1.54, 1.807) is 18.2 Å². The van der Waals surface area contributed by atoms with Crippen molar-refractivity contribution in [2.24, 2.45) is 0 Å². The Morgan fingerprint density at radius 3 is 2.63 bits per heavy atom. The van der Waals surface area contributed by atoms with Crippen LogP contribution in [0, 0.1) is 3.57 Å². The first-order valence-corrected chi connectivity index (χ1v) is 7.49. The molecule has 100 valence electrons. The van der Waals surface area contributed by atoms with Crippen molar-refractivity contribution in [1.82, 2.24) is 9.97 Å². The first-order valence-electron chi connectivity index (χ1n) is 5.66. The van der Waals surface area contributed by atoms with Crippen LogP contribution in [-0.2, 0) is 0 Å². The molecule has 3 nitrogen and oxygen atoms in total. The quantitative estimate of drug-likeness (QED) is 0.745. The molecule has 1 aromatic carbocycles. The third-order valence-electron chi connectivity index (χ3n) is 2.64. The van der Waals surface area contributed by atoms with Gasteiger partial charge in [0.25, 0.3) is 5.56 Å². The van der Waals surface area contributed by atoms with E-state index in [1.165, 1.54) is 0 Å². The van der Waals surface area contributed by atoms with Gasteiger partial charge >= 0.3 is 0 Å². The van der Waals surface area contributed by atoms with Crippen molar-refractivity contribution in [3.05, 3.63) is 47.9 Å². The summed E-state index contributed by atoms with van der Waals surface area (Å²) in [5.74, 6) is 0.604. The van der Waals surface area contributed by atoms with Gasteiger partial charge in [-0.15, -0.1) is 0 Å². The summed E-state index contributed by atoms with van der Waals surface area (Å²) in [5, 5.41) is 0.828. The van der Waals surface area contributed by atoms with Crippen molar-refractivity contribution in [3.63, 3.8) is 0 Å². The van der Waals surface area contributed by atoms with Crippen LogP contribution < -0.4 is 5.56 Å². The largest absolute Gasteiger partial charge is 0.306 e. The molecule has 0 aliphatic rings. The fraction of sp³-hybridized carbons (Fsp3) is 0.231. The number of hydrogen-bond acceptors (Lipinski definition) is 2. The molecule has 0 spiro atoms. The molecule has 19 heavy (non-hydrogen) atoms. The van der Waals surface area contributed by atoms with Crippen molar-refractivity contribution >= 4 is 45.8 Å². The molecule has 0 atom stereocenters. The van der Waals surface area contributed by atoms with Gasteiger partial charge in [0.15, 0.2) is 0 Å². The Labute approximate surface area is 134 Å². The van der Waals surface area contributed by atoms with Gasteiger partial charge < -0.3 is 4.98 Å². The van der Waals surface area contributed by atoms with Gasteiger partial charge in [0.05, 0.1) is 19.3 Å². The Morgan fingerprint density at radius 2 is 2.00 bits per heavy atom. The van der Waals surface area contributed by atoms with Gasteiger partial charge in [-0.05, 0) is 40.6 Å². The second-order valence-electron chi connectivity index (χ2n) is 4.37. The molecule has 0 fully saturated rings. The first-order chi connectivity index (χ1) is 8.91. The number of rotatable bonds is 2. The van der Waals surface area contributed by atoms with Crippen molar-refractivity contribution in [1.29, 1.82) is 0 Å². The van der Waals surface area contributed by atoms with E-state index < -0.39 is 0 Å². The number of hydrogen-bond donors (Lipinski definition) is 1. The fourth-order valence-electron chi connectivity index (χ4n) is 1.67. The Morgan fingerprint density at radius 1 is 1.32 bits per heavy atom. The van der Waals surface area contributed by atoms with E-state index in [9.17, 15) is 4.79 Å². The monoisotopic (exact) mass is 408 g/mol. The zero-order valence-corrected chi connectivity index (χ0v) is 14.0. The van der Waals surface area contributed by atoms with Crippen LogP contribution in [0.2, 0.25) is 10.0 Å². The molecule has 0 unspecified atom stereocenters. The molecule has 2 rings (SSSR count). The molecule has 0 bridgehead atoms. The third kappa shape index (κ3) is 2.95. The van der Waals surface area contributed by atoms with Crippen molar-refractivity contribution in [2.75, 3.05) is 0 Å². The highest BCUT2D eigenvalue weighted by atomic mass is 127. The minimum atomic E-state index is -0.162. The number of H-pyrrole nitrogens is 1. The highest BCUT2D eigenvalue weighted by Crippen LogP contribution is 2.31. The van der Waals surface area contributed by atoms with E-state index in [0.717, 1.165) is 5.69 Å². The van der Waals surface area contributed by atoms with Crippen molar-refractivity contribution < 1.29 is 0 Å². The maximum atomic E-state index is 12.0. The van der Waals surface area contributed by atoms with E-state index in [2.05, 4.69) is 9.97 Å². The molecule has 0 radical (unpaired) electrons. The summed E-state index contributed by atoms with van der Waals surface area (Å²) in [6.07, 6.45) is 0. The lowest BCUT2D eigenvalue weighted by Gasteiger charge is -2.10. The SMILES string of the molecule is CC(C)c1nc(-c2cccc(Cl)c2Cl)[nH]c(=O)c1I. The number of aromatic amines is 1. The van der Waals surface area contributed by atoms with Gasteiger partial charge in [0.1, 0.15) is 5.82 Å². The van der Waals surface area contributed by atoms with Crippen LogP contribution in [0.5, 0.6) is 0 Å². The van der Waals surface area contributed by atoms with Gasteiger partial charge in [-0.25, -0.2) is 4.98 Å². The molecule has 0 aliphatic carbocycles. The molecular formula is C13H11Cl2IN2O. The van der Waals surface area contributed by atoms with E-state index in [1.807, 2.05) is 36.4 Å². The highest BCUT2D eigenvalue weighted by Gasteiger charge is 2.15. The summed E-state index contributed by atoms with van der Waals surface area (Å²) in [5.41, 5.74) is 1.23. The molecule has 1 heterocycles. The second kappa shape index (κ2) is 5.81. The first kappa shape index (κ1) is 14.8.